The van der Waals surface area contributed by atoms with Crippen molar-refractivity contribution in [2.45, 2.75) is 11.9 Å². The predicted octanol–water partition coefficient (Wildman–Crippen LogP) is 0.301. The molecular formula is C3H5ClO3S. The fraction of sp³-hybridized carbons (Fsp3) is 1.00. The molecule has 8 heavy (non-hydrogen) atoms. The second-order valence-corrected chi connectivity index (χ2v) is 4.33. The zero-order valence-electron chi connectivity index (χ0n) is 4.00. The smallest absolute Gasteiger partial charge is 0.259 e. The first-order chi connectivity index (χ1) is 3.61. The highest BCUT2D eigenvalue weighted by atomic mass is 35.7. The van der Waals surface area contributed by atoms with Gasteiger partial charge in [0.25, 0.3) is 9.05 Å². The Morgan fingerprint density at radius 2 is 2.12 bits per heavy atom. The molecule has 0 radical (unpaired) electrons. The molecule has 1 fully saturated rings. The monoisotopic (exact) mass is 156 g/mol. The molecule has 0 aromatic rings. The average Bonchev–Trinajstić information content (AvgIpc) is 1.16. The third-order valence-corrected chi connectivity index (χ3v) is 2.57. The lowest BCUT2D eigenvalue weighted by Crippen LogP contribution is -2.31. The molecule has 1 aliphatic rings. The fourth-order valence-electron chi connectivity index (χ4n) is 0.436. The van der Waals surface area contributed by atoms with E-state index < -0.39 is 14.5 Å². The van der Waals surface area contributed by atoms with Crippen molar-refractivity contribution in [1.82, 2.24) is 0 Å². The van der Waals surface area contributed by atoms with Crippen molar-refractivity contribution in [3.8, 4) is 0 Å². The molecule has 0 aliphatic carbocycles. The van der Waals surface area contributed by atoms with Crippen LogP contribution in [0.2, 0.25) is 0 Å². The second kappa shape index (κ2) is 1.86. The quantitative estimate of drug-likeness (QED) is 0.513. The molecule has 0 aromatic carbocycles. The van der Waals surface area contributed by atoms with E-state index in [4.69, 9.17) is 10.7 Å². The summed E-state index contributed by atoms with van der Waals surface area (Å²) in [6, 6.07) is 0. The number of ether oxygens (including phenoxy) is 1. The molecule has 0 amide bonds. The lowest BCUT2D eigenvalue weighted by atomic mass is 10.4. The van der Waals surface area contributed by atoms with E-state index in [1.807, 2.05) is 0 Å². The van der Waals surface area contributed by atoms with E-state index in [1.54, 1.807) is 0 Å². The van der Waals surface area contributed by atoms with Gasteiger partial charge >= 0.3 is 0 Å². The van der Waals surface area contributed by atoms with Crippen LogP contribution in [0.4, 0.5) is 0 Å². The Kier molecular flexibility index (Phi) is 1.47. The Morgan fingerprint density at radius 3 is 2.12 bits per heavy atom. The summed E-state index contributed by atoms with van der Waals surface area (Å²) in [5.41, 5.74) is -0.732. The summed E-state index contributed by atoms with van der Waals surface area (Å²) in [5, 5.41) is 0. The van der Waals surface area contributed by atoms with Gasteiger partial charge in [-0.3, -0.25) is 0 Å². The van der Waals surface area contributed by atoms with Crippen molar-refractivity contribution in [3.05, 3.63) is 0 Å². The van der Waals surface area contributed by atoms with Crippen LogP contribution >= 0.6 is 10.7 Å². The van der Waals surface area contributed by atoms with Gasteiger partial charge < -0.3 is 4.74 Å². The minimum Gasteiger partial charge on any atom is -0.361 e. The molecule has 0 N–H and O–H groups in total. The van der Waals surface area contributed by atoms with Crippen LogP contribution in [0.5, 0.6) is 0 Å². The number of hydrogen-bond donors (Lipinski definition) is 0. The van der Waals surface area contributed by atoms with E-state index in [9.17, 15) is 8.42 Å². The molecule has 3 nitrogen and oxygen atoms in total. The van der Waals surface area contributed by atoms with Gasteiger partial charge in [-0.2, -0.15) is 0 Å². The van der Waals surface area contributed by atoms with Crippen molar-refractivity contribution in [2.24, 2.45) is 0 Å². The van der Waals surface area contributed by atoms with Crippen LogP contribution in [-0.2, 0) is 13.8 Å². The van der Waals surface area contributed by atoms with Crippen LogP contribution in [0.1, 0.15) is 6.42 Å². The molecule has 1 aliphatic heterocycles. The SMILES string of the molecule is O=S(=O)(Cl)C1CCO1. The molecule has 48 valence electrons. The van der Waals surface area contributed by atoms with Gasteiger partial charge in [0.1, 0.15) is 0 Å². The Labute approximate surface area is 52.0 Å². The summed E-state index contributed by atoms with van der Waals surface area (Å²) in [6.07, 6.45) is 0.534. The van der Waals surface area contributed by atoms with E-state index in [1.165, 1.54) is 0 Å². The van der Waals surface area contributed by atoms with Gasteiger partial charge in [-0.15, -0.1) is 0 Å². The highest BCUT2D eigenvalue weighted by molar-refractivity contribution is 8.14. The average molecular weight is 157 g/mol. The Bertz CT molecular complexity index is 169. The van der Waals surface area contributed by atoms with Crippen molar-refractivity contribution >= 4 is 19.7 Å². The topological polar surface area (TPSA) is 43.4 Å². The second-order valence-electron chi connectivity index (χ2n) is 1.56. The number of hydrogen-bond acceptors (Lipinski definition) is 3. The summed E-state index contributed by atoms with van der Waals surface area (Å²) in [5.74, 6) is 0. The van der Waals surface area contributed by atoms with Crippen LogP contribution in [0.15, 0.2) is 0 Å². The molecule has 0 spiro atoms. The zero-order chi connectivity index (χ0) is 6.20. The van der Waals surface area contributed by atoms with Crippen molar-refractivity contribution in [2.75, 3.05) is 6.61 Å². The van der Waals surface area contributed by atoms with Gasteiger partial charge in [0.15, 0.2) is 5.44 Å². The molecular weight excluding hydrogens is 152 g/mol. The van der Waals surface area contributed by atoms with Crippen molar-refractivity contribution in [3.63, 3.8) is 0 Å². The maximum atomic E-state index is 10.3. The third-order valence-electron chi connectivity index (χ3n) is 0.971. The summed E-state index contributed by atoms with van der Waals surface area (Å²) < 4.78 is 25.1. The van der Waals surface area contributed by atoms with Crippen molar-refractivity contribution in [1.29, 1.82) is 0 Å². The largest absolute Gasteiger partial charge is 0.361 e. The maximum Gasteiger partial charge on any atom is 0.259 e. The van der Waals surface area contributed by atoms with Gasteiger partial charge in [0, 0.05) is 17.1 Å². The first-order valence-corrected chi connectivity index (χ1v) is 4.53. The molecule has 1 atom stereocenters. The molecule has 0 saturated carbocycles. The Hall–Kier alpha value is 0.200. The van der Waals surface area contributed by atoms with Crippen molar-refractivity contribution < 1.29 is 13.2 Å². The minimum absolute atomic E-state index is 0.511. The summed E-state index contributed by atoms with van der Waals surface area (Å²) in [6.45, 7) is 0.511. The number of halogens is 1. The highest BCUT2D eigenvalue weighted by Gasteiger charge is 2.30. The lowest BCUT2D eigenvalue weighted by Gasteiger charge is -2.22. The number of rotatable bonds is 1. The van der Waals surface area contributed by atoms with E-state index >= 15 is 0 Å². The summed E-state index contributed by atoms with van der Waals surface area (Å²) in [4.78, 5) is 0. The van der Waals surface area contributed by atoms with Crippen LogP contribution in [0.25, 0.3) is 0 Å². The lowest BCUT2D eigenvalue weighted by molar-refractivity contribution is 0.00461. The summed E-state index contributed by atoms with van der Waals surface area (Å²) in [7, 11) is 1.47. The van der Waals surface area contributed by atoms with Gasteiger partial charge in [-0.05, 0) is 0 Å². The van der Waals surface area contributed by atoms with E-state index in [0.29, 0.717) is 13.0 Å². The van der Waals surface area contributed by atoms with E-state index in [-0.39, 0.29) is 0 Å². The van der Waals surface area contributed by atoms with Crippen LogP contribution in [-0.4, -0.2) is 20.5 Å². The molecule has 1 saturated heterocycles. The van der Waals surface area contributed by atoms with Gasteiger partial charge in [-0.1, -0.05) is 0 Å². The van der Waals surface area contributed by atoms with Gasteiger partial charge in [0.05, 0.1) is 6.61 Å². The van der Waals surface area contributed by atoms with E-state index in [2.05, 4.69) is 4.74 Å². The summed E-state index contributed by atoms with van der Waals surface area (Å²) >= 11 is 0. The highest BCUT2D eigenvalue weighted by Crippen LogP contribution is 2.20. The molecule has 0 bridgehead atoms. The zero-order valence-corrected chi connectivity index (χ0v) is 5.57. The van der Waals surface area contributed by atoms with E-state index in [0.717, 1.165) is 0 Å². The predicted molar refractivity (Wildman–Crippen MR) is 29.1 cm³/mol. The molecule has 1 rings (SSSR count). The Balaban J connectivity index is 2.60. The first-order valence-electron chi connectivity index (χ1n) is 2.16. The molecule has 1 unspecified atom stereocenters. The van der Waals surface area contributed by atoms with Gasteiger partial charge in [-0.25, -0.2) is 8.42 Å². The third kappa shape index (κ3) is 1.13. The normalized spacial score (nSPS) is 29.4. The van der Waals surface area contributed by atoms with Gasteiger partial charge in [0.2, 0.25) is 0 Å². The molecule has 1 heterocycles. The van der Waals surface area contributed by atoms with Crippen LogP contribution < -0.4 is 0 Å². The maximum absolute atomic E-state index is 10.3. The van der Waals surface area contributed by atoms with Crippen LogP contribution in [0.3, 0.4) is 0 Å². The molecule has 0 aromatic heterocycles. The fourth-order valence-corrected chi connectivity index (χ4v) is 1.49. The minimum atomic E-state index is -3.42. The van der Waals surface area contributed by atoms with Crippen LogP contribution in [0, 0.1) is 0 Å². The first kappa shape index (κ1) is 6.32. The Morgan fingerprint density at radius 1 is 1.62 bits per heavy atom. The molecule has 5 heteroatoms. The standard InChI is InChI=1S/C3H5ClO3S/c4-8(5,6)3-1-2-7-3/h3H,1-2H2.